The standard InChI is InChI=1S/C20H28N4O4.ClH/c1-19(9-13-28-20(17(19)26)7-10-21-11-8-20)23-16(25)6-12-24-15-5-3-2-4-14(15)22-18(24)27;/h2-5,17,21,26H,6-13H2,1H3,(H,22,27)(H,23,25);1H/t17-,19+;/m0./s1. The molecule has 0 radical (unpaired) electrons. The van der Waals surface area contributed by atoms with E-state index in [9.17, 15) is 14.7 Å². The molecule has 3 heterocycles. The molecule has 1 aromatic carbocycles. The highest BCUT2D eigenvalue weighted by atomic mass is 35.5. The summed E-state index contributed by atoms with van der Waals surface area (Å²) in [6.45, 7) is 4.27. The highest BCUT2D eigenvalue weighted by Crippen LogP contribution is 2.38. The van der Waals surface area contributed by atoms with E-state index in [0.717, 1.165) is 37.0 Å². The van der Waals surface area contributed by atoms with Crippen molar-refractivity contribution in [3.8, 4) is 0 Å². The number of amides is 1. The zero-order chi connectivity index (χ0) is 19.8. The van der Waals surface area contributed by atoms with E-state index in [2.05, 4.69) is 15.6 Å². The molecule has 0 saturated carbocycles. The molecule has 2 aromatic rings. The molecule has 4 rings (SSSR count). The SMILES string of the molecule is C[C@@]1(NC(=O)CCn2c(=O)[nH]c3ccccc32)CCOC2(CCNCC2)[C@H]1O.Cl. The molecule has 2 saturated heterocycles. The quantitative estimate of drug-likeness (QED) is 0.583. The van der Waals surface area contributed by atoms with Crippen LogP contribution >= 0.6 is 12.4 Å². The summed E-state index contributed by atoms with van der Waals surface area (Å²) in [7, 11) is 0. The predicted octanol–water partition coefficient (Wildman–Crippen LogP) is 0.920. The third kappa shape index (κ3) is 4.07. The summed E-state index contributed by atoms with van der Waals surface area (Å²) in [6, 6.07) is 7.42. The third-order valence-corrected chi connectivity index (χ3v) is 6.23. The van der Waals surface area contributed by atoms with Crippen LogP contribution in [0.5, 0.6) is 0 Å². The number of fused-ring (bicyclic) bond motifs is 1. The minimum atomic E-state index is -0.768. The van der Waals surface area contributed by atoms with Crippen molar-refractivity contribution in [3.63, 3.8) is 0 Å². The fourth-order valence-corrected chi connectivity index (χ4v) is 4.58. The van der Waals surface area contributed by atoms with Gasteiger partial charge in [-0.05, 0) is 51.4 Å². The van der Waals surface area contributed by atoms with Crippen molar-refractivity contribution in [2.45, 2.75) is 56.4 Å². The largest absolute Gasteiger partial charge is 0.388 e. The van der Waals surface area contributed by atoms with Gasteiger partial charge in [0, 0.05) is 19.6 Å². The van der Waals surface area contributed by atoms with Crippen LogP contribution in [0.2, 0.25) is 0 Å². The zero-order valence-corrected chi connectivity index (χ0v) is 17.4. The van der Waals surface area contributed by atoms with Crippen LogP contribution in [0.4, 0.5) is 0 Å². The van der Waals surface area contributed by atoms with Crippen LogP contribution in [0.3, 0.4) is 0 Å². The Morgan fingerprint density at radius 2 is 2.03 bits per heavy atom. The number of aryl methyl sites for hydroxylation is 1. The van der Waals surface area contributed by atoms with Gasteiger partial charge in [-0.15, -0.1) is 12.4 Å². The Kier molecular flexibility index (Phi) is 6.38. The van der Waals surface area contributed by atoms with Gasteiger partial charge in [-0.25, -0.2) is 4.79 Å². The summed E-state index contributed by atoms with van der Waals surface area (Å²) in [5, 5.41) is 17.4. The Morgan fingerprint density at radius 3 is 2.79 bits per heavy atom. The Balaban J connectivity index is 0.00000240. The molecule has 1 aromatic heterocycles. The second-order valence-corrected chi connectivity index (χ2v) is 8.13. The maximum absolute atomic E-state index is 12.7. The van der Waals surface area contributed by atoms with E-state index in [1.165, 1.54) is 0 Å². The Hall–Kier alpha value is -1.87. The molecule has 8 nitrogen and oxygen atoms in total. The van der Waals surface area contributed by atoms with Crippen LogP contribution in [0.1, 0.15) is 32.6 Å². The van der Waals surface area contributed by atoms with E-state index in [-0.39, 0.29) is 37.0 Å². The molecule has 2 aliphatic rings. The van der Waals surface area contributed by atoms with Crippen LogP contribution in [0.25, 0.3) is 11.0 Å². The molecule has 1 amide bonds. The molecule has 2 aliphatic heterocycles. The number of nitrogens with one attached hydrogen (secondary N) is 3. The second kappa shape index (κ2) is 8.47. The van der Waals surface area contributed by atoms with E-state index in [1.807, 2.05) is 31.2 Å². The van der Waals surface area contributed by atoms with E-state index in [1.54, 1.807) is 4.57 Å². The minimum absolute atomic E-state index is 0. The smallest absolute Gasteiger partial charge is 0.326 e. The van der Waals surface area contributed by atoms with Gasteiger partial charge in [0.05, 0.1) is 22.2 Å². The molecule has 160 valence electrons. The van der Waals surface area contributed by atoms with E-state index < -0.39 is 17.2 Å². The first kappa shape index (κ1) is 21.8. The van der Waals surface area contributed by atoms with E-state index in [0.29, 0.717) is 13.0 Å². The van der Waals surface area contributed by atoms with Gasteiger partial charge in [-0.3, -0.25) is 9.36 Å². The van der Waals surface area contributed by atoms with Crippen molar-refractivity contribution in [3.05, 3.63) is 34.7 Å². The first-order valence-corrected chi connectivity index (χ1v) is 9.95. The number of piperidine rings is 1. The van der Waals surface area contributed by atoms with Crippen molar-refractivity contribution in [1.29, 1.82) is 0 Å². The van der Waals surface area contributed by atoms with Crippen molar-refractivity contribution < 1.29 is 14.6 Å². The monoisotopic (exact) mass is 424 g/mol. The summed E-state index contributed by atoms with van der Waals surface area (Å²) >= 11 is 0. The zero-order valence-electron chi connectivity index (χ0n) is 16.6. The highest BCUT2D eigenvalue weighted by molar-refractivity contribution is 5.85. The number of benzene rings is 1. The van der Waals surface area contributed by atoms with Gasteiger partial charge >= 0.3 is 5.69 Å². The molecule has 1 spiro atoms. The first-order valence-electron chi connectivity index (χ1n) is 9.95. The van der Waals surface area contributed by atoms with Crippen molar-refractivity contribution >= 4 is 29.3 Å². The summed E-state index contributed by atoms with van der Waals surface area (Å²) in [6.07, 6.45) is 1.41. The van der Waals surface area contributed by atoms with Gasteiger partial charge in [-0.2, -0.15) is 0 Å². The molecular formula is C20H29ClN4O4. The number of aromatic nitrogens is 2. The van der Waals surface area contributed by atoms with Gasteiger partial charge in [-0.1, -0.05) is 12.1 Å². The van der Waals surface area contributed by atoms with E-state index in [4.69, 9.17) is 4.74 Å². The third-order valence-electron chi connectivity index (χ3n) is 6.23. The molecule has 0 unspecified atom stereocenters. The Bertz CT molecular complexity index is 915. The van der Waals surface area contributed by atoms with Crippen LogP contribution in [-0.2, 0) is 16.1 Å². The molecule has 2 fully saturated rings. The fourth-order valence-electron chi connectivity index (χ4n) is 4.58. The number of nitrogens with zero attached hydrogens (tertiary/aromatic N) is 1. The molecule has 2 atom stereocenters. The summed E-state index contributed by atoms with van der Waals surface area (Å²) in [5.74, 6) is -0.176. The summed E-state index contributed by atoms with van der Waals surface area (Å²) in [5.41, 5.74) is -0.0178. The second-order valence-electron chi connectivity index (χ2n) is 8.13. The number of para-hydroxylation sites is 2. The maximum Gasteiger partial charge on any atom is 0.326 e. The average Bonchev–Trinajstić information content (AvgIpc) is 3.00. The molecule has 9 heteroatoms. The van der Waals surface area contributed by atoms with Crippen molar-refractivity contribution in [1.82, 2.24) is 20.2 Å². The highest BCUT2D eigenvalue weighted by Gasteiger charge is 2.52. The summed E-state index contributed by atoms with van der Waals surface area (Å²) < 4.78 is 7.56. The Labute approximate surface area is 175 Å². The number of carbonyl (C=O) groups is 1. The lowest BCUT2D eigenvalue weighted by Gasteiger charge is -2.52. The molecule has 0 bridgehead atoms. The number of carbonyl (C=O) groups excluding carboxylic acids is 1. The van der Waals surface area contributed by atoms with Crippen molar-refractivity contribution in [2.75, 3.05) is 19.7 Å². The number of aliphatic hydroxyl groups excluding tert-OH is 1. The molecule has 0 aliphatic carbocycles. The lowest BCUT2D eigenvalue weighted by molar-refractivity contribution is -0.200. The number of imidazole rings is 1. The normalized spacial score (nSPS) is 26.2. The minimum Gasteiger partial charge on any atom is -0.388 e. The molecule has 29 heavy (non-hydrogen) atoms. The predicted molar refractivity (Wildman–Crippen MR) is 112 cm³/mol. The number of halogens is 1. The van der Waals surface area contributed by atoms with Gasteiger partial charge in [0.2, 0.25) is 5.91 Å². The van der Waals surface area contributed by atoms with Gasteiger partial charge < -0.3 is 25.5 Å². The van der Waals surface area contributed by atoms with Crippen LogP contribution in [-0.4, -0.2) is 57.5 Å². The number of H-pyrrole nitrogens is 1. The van der Waals surface area contributed by atoms with Crippen molar-refractivity contribution in [2.24, 2.45) is 0 Å². The van der Waals surface area contributed by atoms with E-state index >= 15 is 0 Å². The lowest BCUT2D eigenvalue weighted by atomic mass is 9.73. The number of rotatable bonds is 4. The number of hydrogen-bond donors (Lipinski definition) is 4. The average molecular weight is 425 g/mol. The number of hydrogen-bond acceptors (Lipinski definition) is 5. The van der Waals surface area contributed by atoms with Crippen LogP contribution in [0, 0.1) is 0 Å². The number of aromatic amines is 1. The summed E-state index contributed by atoms with van der Waals surface area (Å²) in [4.78, 5) is 27.6. The van der Waals surface area contributed by atoms with Crippen LogP contribution in [0.15, 0.2) is 29.1 Å². The van der Waals surface area contributed by atoms with Gasteiger partial charge in [0.1, 0.15) is 6.10 Å². The lowest BCUT2D eigenvalue weighted by Crippen LogP contribution is -2.69. The van der Waals surface area contributed by atoms with Crippen LogP contribution < -0.4 is 16.3 Å². The first-order chi connectivity index (χ1) is 13.4. The van der Waals surface area contributed by atoms with Gasteiger partial charge in [0.15, 0.2) is 0 Å². The fraction of sp³-hybridized carbons (Fsp3) is 0.600. The maximum atomic E-state index is 12.7. The Morgan fingerprint density at radius 1 is 1.31 bits per heavy atom. The molecular weight excluding hydrogens is 396 g/mol. The number of ether oxygens (including phenoxy) is 1. The topological polar surface area (TPSA) is 108 Å². The van der Waals surface area contributed by atoms with Gasteiger partial charge in [0.25, 0.3) is 0 Å². The molecule has 4 N–H and O–H groups in total. The number of aliphatic hydroxyl groups is 1.